The van der Waals surface area contributed by atoms with Crippen molar-refractivity contribution < 1.29 is 9.69 Å². The third-order valence-corrected chi connectivity index (χ3v) is 3.55. The number of quaternary nitrogens is 1. The van der Waals surface area contributed by atoms with Crippen LogP contribution in [0.25, 0.3) is 0 Å². The topological polar surface area (TPSA) is 33.5 Å². The van der Waals surface area contributed by atoms with Gasteiger partial charge in [0.15, 0.2) is 0 Å². The summed E-state index contributed by atoms with van der Waals surface area (Å²) < 4.78 is 0. The average molecular weight is 247 g/mol. The molecular weight excluding hydrogens is 224 g/mol. The van der Waals surface area contributed by atoms with Gasteiger partial charge in [-0.05, 0) is 5.56 Å². The zero-order valence-electron chi connectivity index (χ0n) is 11.0. The highest BCUT2D eigenvalue weighted by atomic mass is 16.1. The average Bonchev–Trinajstić information content (AvgIpc) is 2.89. The van der Waals surface area contributed by atoms with Gasteiger partial charge < -0.3 is 10.2 Å². The molecule has 0 unspecified atom stereocenters. The van der Waals surface area contributed by atoms with Crippen molar-refractivity contribution in [3.63, 3.8) is 0 Å². The Morgan fingerprint density at radius 3 is 2.61 bits per heavy atom. The summed E-state index contributed by atoms with van der Waals surface area (Å²) in [5.74, 6) is 0.137. The standard InChI is InChI=1S/C15H22N2O/c18-15(13-14-7-2-1-3-8-14)16-9-6-12-17-10-4-5-11-17/h1-3,7-8H,4-6,9-13H2,(H,16,18)/p+1. The number of carbonyl (C=O) groups is 1. The number of hydrogen-bond acceptors (Lipinski definition) is 1. The molecule has 0 atom stereocenters. The summed E-state index contributed by atoms with van der Waals surface area (Å²) >= 11 is 0. The minimum Gasteiger partial charge on any atom is -0.356 e. The molecule has 1 fully saturated rings. The van der Waals surface area contributed by atoms with Gasteiger partial charge in [0.1, 0.15) is 0 Å². The summed E-state index contributed by atoms with van der Waals surface area (Å²) in [6.07, 6.45) is 4.33. The Bertz CT molecular complexity index is 358. The third kappa shape index (κ3) is 4.49. The van der Waals surface area contributed by atoms with E-state index in [-0.39, 0.29) is 5.91 Å². The minimum absolute atomic E-state index is 0.137. The van der Waals surface area contributed by atoms with Crippen molar-refractivity contribution in [3.8, 4) is 0 Å². The zero-order chi connectivity index (χ0) is 12.6. The van der Waals surface area contributed by atoms with Gasteiger partial charge in [-0.25, -0.2) is 0 Å². The van der Waals surface area contributed by atoms with Crippen molar-refractivity contribution in [2.45, 2.75) is 25.7 Å². The third-order valence-electron chi connectivity index (χ3n) is 3.55. The Kier molecular flexibility index (Phi) is 5.21. The summed E-state index contributed by atoms with van der Waals surface area (Å²) in [7, 11) is 0. The van der Waals surface area contributed by atoms with E-state index in [4.69, 9.17) is 0 Å². The smallest absolute Gasteiger partial charge is 0.224 e. The number of carbonyl (C=O) groups excluding carboxylic acids is 1. The van der Waals surface area contributed by atoms with E-state index in [1.807, 2.05) is 30.3 Å². The molecule has 1 amide bonds. The molecule has 18 heavy (non-hydrogen) atoms. The molecule has 1 aromatic rings. The molecule has 0 aromatic heterocycles. The maximum absolute atomic E-state index is 11.7. The lowest BCUT2D eigenvalue weighted by Crippen LogP contribution is -3.10. The summed E-state index contributed by atoms with van der Waals surface area (Å²) in [5, 5.41) is 3.00. The Morgan fingerprint density at radius 2 is 1.89 bits per heavy atom. The number of nitrogens with one attached hydrogen (secondary N) is 2. The number of amides is 1. The van der Waals surface area contributed by atoms with E-state index >= 15 is 0 Å². The van der Waals surface area contributed by atoms with E-state index in [1.165, 1.54) is 32.5 Å². The number of hydrogen-bond donors (Lipinski definition) is 2. The van der Waals surface area contributed by atoms with Gasteiger partial charge >= 0.3 is 0 Å². The van der Waals surface area contributed by atoms with Crippen LogP contribution in [-0.4, -0.2) is 32.1 Å². The molecule has 0 radical (unpaired) electrons. The van der Waals surface area contributed by atoms with E-state index in [2.05, 4.69) is 5.32 Å². The molecule has 1 aliphatic heterocycles. The largest absolute Gasteiger partial charge is 0.356 e. The Labute approximate surface area is 109 Å². The summed E-state index contributed by atoms with van der Waals surface area (Å²) in [6.45, 7) is 4.65. The van der Waals surface area contributed by atoms with Gasteiger partial charge in [0.25, 0.3) is 0 Å². The number of rotatable bonds is 6. The molecule has 0 saturated carbocycles. The van der Waals surface area contributed by atoms with Crippen molar-refractivity contribution in [1.82, 2.24) is 5.32 Å². The van der Waals surface area contributed by atoms with E-state index in [1.54, 1.807) is 4.90 Å². The second-order valence-electron chi connectivity index (χ2n) is 5.07. The predicted octanol–water partition coefficient (Wildman–Crippen LogP) is 0.414. The molecule has 0 aliphatic carbocycles. The molecule has 0 bridgehead atoms. The van der Waals surface area contributed by atoms with Crippen LogP contribution in [0.5, 0.6) is 0 Å². The van der Waals surface area contributed by atoms with Gasteiger partial charge in [-0.2, -0.15) is 0 Å². The van der Waals surface area contributed by atoms with E-state index < -0.39 is 0 Å². The minimum atomic E-state index is 0.137. The lowest BCUT2D eigenvalue weighted by Gasteiger charge is -2.12. The predicted molar refractivity (Wildman–Crippen MR) is 72.6 cm³/mol. The maximum atomic E-state index is 11.7. The Hall–Kier alpha value is -1.35. The van der Waals surface area contributed by atoms with Crippen molar-refractivity contribution in [3.05, 3.63) is 35.9 Å². The molecule has 1 aromatic carbocycles. The van der Waals surface area contributed by atoms with Crippen molar-refractivity contribution >= 4 is 5.91 Å². The molecule has 2 N–H and O–H groups in total. The number of likely N-dealkylation sites (tertiary alicyclic amines) is 1. The molecular formula is C15H23N2O+. The lowest BCUT2D eigenvalue weighted by molar-refractivity contribution is -0.887. The van der Waals surface area contributed by atoms with E-state index in [0.29, 0.717) is 6.42 Å². The summed E-state index contributed by atoms with van der Waals surface area (Å²) in [6, 6.07) is 9.90. The maximum Gasteiger partial charge on any atom is 0.224 e. The van der Waals surface area contributed by atoms with Crippen LogP contribution in [0, 0.1) is 0 Å². The van der Waals surface area contributed by atoms with Crippen molar-refractivity contribution in [2.24, 2.45) is 0 Å². The van der Waals surface area contributed by atoms with Gasteiger partial charge in [0.05, 0.1) is 26.1 Å². The monoisotopic (exact) mass is 247 g/mol. The van der Waals surface area contributed by atoms with Crippen molar-refractivity contribution in [2.75, 3.05) is 26.2 Å². The highest BCUT2D eigenvalue weighted by Gasteiger charge is 2.14. The first kappa shape index (κ1) is 13.1. The van der Waals surface area contributed by atoms with Gasteiger partial charge in [-0.15, -0.1) is 0 Å². The van der Waals surface area contributed by atoms with Crippen LogP contribution in [-0.2, 0) is 11.2 Å². The number of benzene rings is 1. The molecule has 0 spiro atoms. The van der Waals surface area contributed by atoms with Crippen LogP contribution in [0.2, 0.25) is 0 Å². The fourth-order valence-electron chi connectivity index (χ4n) is 2.53. The normalized spacial score (nSPS) is 15.8. The van der Waals surface area contributed by atoms with Crippen molar-refractivity contribution in [1.29, 1.82) is 0 Å². The van der Waals surface area contributed by atoms with E-state index in [0.717, 1.165) is 18.5 Å². The quantitative estimate of drug-likeness (QED) is 0.702. The van der Waals surface area contributed by atoms with Crippen LogP contribution in [0.3, 0.4) is 0 Å². The fraction of sp³-hybridized carbons (Fsp3) is 0.533. The summed E-state index contributed by atoms with van der Waals surface area (Å²) in [5.41, 5.74) is 1.08. The van der Waals surface area contributed by atoms with Crippen LogP contribution >= 0.6 is 0 Å². The molecule has 1 saturated heterocycles. The van der Waals surface area contributed by atoms with Gasteiger partial charge in [-0.3, -0.25) is 4.79 Å². The van der Waals surface area contributed by atoms with Crippen LogP contribution < -0.4 is 10.2 Å². The highest BCUT2D eigenvalue weighted by Crippen LogP contribution is 1.98. The van der Waals surface area contributed by atoms with Gasteiger partial charge in [0.2, 0.25) is 5.91 Å². The second kappa shape index (κ2) is 7.17. The highest BCUT2D eigenvalue weighted by molar-refractivity contribution is 5.78. The Morgan fingerprint density at radius 1 is 1.17 bits per heavy atom. The first-order chi connectivity index (χ1) is 8.84. The van der Waals surface area contributed by atoms with E-state index in [9.17, 15) is 4.79 Å². The molecule has 98 valence electrons. The molecule has 1 heterocycles. The molecule has 2 rings (SSSR count). The van der Waals surface area contributed by atoms with Crippen LogP contribution in [0.1, 0.15) is 24.8 Å². The zero-order valence-corrected chi connectivity index (χ0v) is 11.0. The summed E-state index contributed by atoms with van der Waals surface area (Å²) in [4.78, 5) is 13.4. The Balaban J connectivity index is 1.57. The molecule has 3 heteroatoms. The first-order valence-corrected chi connectivity index (χ1v) is 6.99. The fourth-order valence-corrected chi connectivity index (χ4v) is 2.53. The molecule has 3 nitrogen and oxygen atoms in total. The second-order valence-corrected chi connectivity index (χ2v) is 5.07. The van der Waals surface area contributed by atoms with Gasteiger partial charge in [-0.1, -0.05) is 30.3 Å². The first-order valence-electron chi connectivity index (χ1n) is 6.99. The van der Waals surface area contributed by atoms with Gasteiger partial charge in [0, 0.05) is 25.8 Å². The van der Waals surface area contributed by atoms with Crippen LogP contribution in [0.4, 0.5) is 0 Å². The SMILES string of the molecule is O=C(Cc1ccccc1)NCCC[NH+]1CCCC1. The molecule has 1 aliphatic rings. The van der Waals surface area contributed by atoms with Crippen LogP contribution in [0.15, 0.2) is 30.3 Å². The lowest BCUT2D eigenvalue weighted by atomic mass is 10.1.